The predicted molar refractivity (Wildman–Crippen MR) is 140 cm³/mol. The van der Waals surface area contributed by atoms with Crippen LogP contribution < -0.4 is 4.90 Å². The predicted octanol–water partition coefficient (Wildman–Crippen LogP) is 5.81. The molecule has 1 N–H and O–H groups in total. The Labute approximate surface area is 210 Å². The number of rotatable bonds is 7. The highest BCUT2D eigenvalue weighted by Gasteiger charge is 2.40. The third kappa shape index (κ3) is 4.61. The molecule has 1 atom stereocenters. The molecule has 36 heavy (non-hydrogen) atoms. The summed E-state index contributed by atoms with van der Waals surface area (Å²) in [5.41, 5.74) is 4.86. The van der Waals surface area contributed by atoms with Gasteiger partial charge in [0.05, 0.1) is 12.1 Å². The van der Waals surface area contributed by atoms with Crippen LogP contribution in [0.2, 0.25) is 0 Å². The molecule has 1 aliphatic rings. The molecule has 0 aliphatic carbocycles. The van der Waals surface area contributed by atoms with Crippen molar-refractivity contribution in [2.75, 3.05) is 11.4 Å². The first-order chi connectivity index (χ1) is 17.5. The molecule has 7 heteroatoms. The number of aryl methyl sites for hydroxylation is 1. The zero-order chi connectivity index (χ0) is 25.1. The van der Waals surface area contributed by atoms with E-state index < -0.39 is 5.54 Å². The number of nitrogens with zero attached hydrogens (tertiary/aromatic N) is 5. The molecule has 3 aromatic carbocycles. The maximum absolute atomic E-state index is 13.7. The van der Waals surface area contributed by atoms with Crippen molar-refractivity contribution in [1.29, 1.82) is 0 Å². The van der Waals surface area contributed by atoms with Crippen LogP contribution in [0.4, 0.5) is 10.1 Å². The summed E-state index contributed by atoms with van der Waals surface area (Å²) in [4.78, 5) is 3.95. The zero-order valence-electron chi connectivity index (χ0n) is 20.6. The van der Waals surface area contributed by atoms with Gasteiger partial charge in [-0.15, -0.1) is 10.2 Å². The molecule has 0 saturated heterocycles. The largest absolute Gasteiger partial charge is 0.508 e. The molecule has 0 amide bonds. The average molecular weight is 484 g/mol. The molecule has 6 nitrogen and oxygen atoms in total. The maximum atomic E-state index is 13.7. The number of aromatic nitrogens is 4. The highest BCUT2D eigenvalue weighted by atomic mass is 19.1. The van der Waals surface area contributed by atoms with Crippen LogP contribution in [0.3, 0.4) is 0 Å². The number of halogens is 1. The smallest absolute Gasteiger partial charge is 0.197 e. The van der Waals surface area contributed by atoms with Crippen molar-refractivity contribution in [3.05, 3.63) is 101 Å². The summed E-state index contributed by atoms with van der Waals surface area (Å²) < 4.78 is 13.7. The van der Waals surface area contributed by atoms with Gasteiger partial charge in [0.15, 0.2) is 5.82 Å². The molecule has 0 saturated carbocycles. The number of tetrazole rings is 1. The van der Waals surface area contributed by atoms with Gasteiger partial charge in [0.1, 0.15) is 11.6 Å². The Balaban J connectivity index is 1.47. The summed E-state index contributed by atoms with van der Waals surface area (Å²) >= 11 is 0. The lowest BCUT2D eigenvalue weighted by Crippen LogP contribution is -2.49. The van der Waals surface area contributed by atoms with Crippen LogP contribution in [0.1, 0.15) is 54.8 Å². The Morgan fingerprint density at radius 3 is 2.56 bits per heavy atom. The van der Waals surface area contributed by atoms with Crippen molar-refractivity contribution in [3.8, 4) is 5.75 Å². The van der Waals surface area contributed by atoms with Gasteiger partial charge < -0.3 is 10.0 Å². The molecule has 1 unspecified atom stereocenters. The van der Waals surface area contributed by atoms with Gasteiger partial charge in [-0.3, -0.25) is 0 Å². The van der Waals surface area contributed by atoms with Crippen LogP contribution in [0.5, 0.6) is 5.75 Å². The van der Waals surface area contributed by atoms with Crippen LogP contribution in [0, 0.1) is 5.82 Å². The van der Waals surface area contributed by atoms with E-state index in [1.807, 2.05) is 36.4 Å². The molecule has 0 radical (unpaired) electrons. The molecule has 0 spiro atoms. The van der Waals surface area contributed by atoms with E-state index in [1.165, 1.54) is 12.1 Å². The highest BCUT2D eigenvalue weighted by molar-refractivity contribution is 5.67. The van der Waals surface area contributed by atoms with Crippen molar-refractivity contribution in [2.24, 2.45) is 0 Å². The van der Waals surface area contributed by atoms with Gasteiger partial charge in [0.2, 0.25) is 0 Å². The molecule has 184 valence electrons. The third-order valence-corrected chi connectivity index (χ3v) is 6.97. The minimum Gasteiger partial charge on any atom is -0.508 e. The SMILES string of the molecule is CCCCn1nnc(C=Cc2ccc(C3(C)c4ccc(O)cc4CCN3c3ccc(F)cc3)cc2)n1. The summed E-state index contributed by atoms with van der Waals surface area (Å²) in [5.74, 6) is 0.608. The van der Waals surface area contributed by atoms with E-state index >= 15 is 0 Å². The summed E-state index contributed by atoms with van der Waals surface area (Å²) in [5, 5.41) is 22.7. The van der Waals surface area contributed by atoms with Crippen LogP contribution >= 0.6 is 0 Å². The standard InChI is InChI=1S/C29H30FN5O/c1-3-4-18-35-32-28(31-33-35)16-7-21-5-8-23(9-6-21)29(2)27-15-14-26(36)20-22(27)17-19-34(29)25-12-10-24(30)11-13-25/h5-16,20,36H,3-4,17-19H2,1-2H3. The van der Waals surface area contributed by atoms with Gasteiger partial charge in [-0.2, -0.15) is 4.80 Å². The fourth-order valence-electron chi connectivity index (χ4n) is 4.99. The van der Waals surface area contributed by atoms with Gasteiger partial charge >= 0.3 is 0 Å². The van der Waals surface area contributed by atoms with Crippen LogP contribution in [0.15, 0.2) is 66.7 Å². The molecule has 0 fully saturated rings. The number of fused-ring (bicyclic) bond motifs is 1. The Morgan fingerprint density at radius 1 is 1.03 bits per heavy atom. The minimum absolute atomic E-state index is 0.251. The average Bonchev–Trinajstić information content (AvgIpc) is 3.35. The van der Waals surface area contributed by atoms with E-state index in [2.05, 4.69) is 58.4 Å². The lowest BCUT2D eigenvalue weighted by atomic mass is 9.76. The van der Waals surface area contributed by atoms with Crippen molar-refractivity contribution < 1.29 is 9.50 Å². The maximum Gasteiger partial charge on any atom is 0.197 e. The normalized spacial score (nSPS) is 17.5. The summed E-state index contributed by atoms with van der Waals surface area (Å²) in [7, 11) is 0. The van der Waals surface area contributed by atoms with Crippen molar-refractivity contribution in [1.82, 2.24) is 20.2 Å². The Hall–Kier alpha value is -4.00. The van der Waals surface area contributed by atoms with Crippen molar-refractivity contribution in [3.63, 3.8) is 0 Å². The van der Waals surface area contributed by atoms with E-state index in [1.54, 1.807) is 10.9 Å². The molecule has 4 aromatic rings. The van der Waals surface area contributed by atoms with E-state index in [0.29, 0.717) is 5.82 Å². The van der Waals surface area contributed by atoms with Gasteiger partial charge in [0, 0.05) is 12.2 Å². The van der Waals surface area contributed by atoms with E-state index in [9.17, 15) is 9.50 Å². The highest BCUT2D eigenvalue weighted by Crippen LogP contribution is 2.44. The fraction of sp³-hybridized carbons (Fsp3) is 0.276. The van der Waals surface area contributed by atoms with Crippen molar-refractivity contribution >= 4 is 17.8 Å². The van der Waals surface area contributed by atoms with Gasteiger partial charge in [-0.1, -0.05) is 49.8 Å². The first-order valence-corrected chi connectivity index (χ1v) is 12.4. The topological polar surface area (TPSA) is 67.1 Å². The van der Waals surface area contributed by atoms with Gasteiger partial charge in [-0.25, -0.2) is 4.39 Å². The monoisotopic (exact) mass is 483 g/mol. The molecule has 5 rings (SSSR count). The summed E-state index contributed by atoms with van der Waals surface area (Å²) in [6.07, 6.45) is 6.76. The van der Waals surface area contributed by atoms with Crippen LogP contribution in [0.25, 0.3) is 12.2 Å². The minimum atomic E-state index is -0.495. The number of phenolic OH excluding ortho intramolecular Hbond substituents is 1. The Bertz CT molecular complexity index is 1360. The lowest BCUT2D eigenvalue weighted by molar-refractivity contribution is 0.463. The number of anilines is 1. The molecule has 0 bridgehead atoms. The fourth-order valence-corrected chi connectivity index (χ4v) is 4.99. The molecule has 2 heterocycles. The quantitative estimate of drug-likeness (QED) is 0.359. The molecular formula is C29H30FN5O. The first-order valence-electron chi connectivity index (χ1n) is 12.4. The van der Waals surface area contributed by atoms with Crippen molar-refractivity contribution in [2.45, 2.75) is 45.2 Å². The number of phenols is 1. The lowest BCUT2D eigenvalue weighted by Gasteiger charge is -2.48. The number of benzene rings is 3. The second kappa shape index (κ2) is 9.93. The second-order valence-corrected chi connectivity index (χ2v) is 9.34. The molecular weight excluding hydrogens is 453 g/mol. The zero-order valence-corrected chi connectivity index (χ0v) is 20.6. The van der Waals surface area contributed by atoms with E-state index in [4.69, 9.17) is 0 Å². The number of hydrogen-bond acceptors (Lipinski definition) is 5. The summed E-state index contributed by atoms with van der Waals surface area (Å²) in [6, 6.07) is 20.7. The number of unbranched alkanes of at least 4 members (excludes halogenated alkanes) is 1. The molecule has 1 aromatic heterocycles. The molecule has 1 aliphatic heterocycles. The van der Waals surface area contributed by atoms with E-state index in [-0.39, 0.29) is 11.6 Å². The van der Waals surface area contributed by atoms with Gasteiger partial charge in [0.25, 0.3) is 0 Å². The van der Waals surface area contributed by atoms with Gasteiger partial charge in [-0.05, 0) is 89.7 Å². The first kappa shape index (κ1) is 23.7. The number of hydrogen-bond donors (Lipinski definition) is 1. The van der Waals surface area contributed by atoms with Crippen LogP contribution in [-0.2, 0) is 18.5 Å². The Morgan fingerprint density at radius 2 is 1.81 bits per heavy atom. The van der Waals surface area contributed by atoms with Crippen LogP contribution in [-0.4, -0.2) is 31.9 Å². The summed E-state index contributed by atoms with van der Waals surface area (Å²) in [6.45, 7) is 5.85. The second-order valence-electron chi connectivity index (χ2n) is 9.34. The van der Waals surface area contributed by atoms with E-state index in [0.717, 1.165) is 60.3 Å². The number of aromatic hydroxyl groups is 1. The Kier molecular flexibility index (Phi) is 6.55. The third-order valence-electron chi connectivity index (χ3n) is 6.97.